The molecule has 1 rings (SSSR count). The van der Waals surface area contributed by atoms with Crippen molar-refractivity contribution < 1.29 is 27.8 Å². The summed E-state index contributed by atoms with van der Waals surface area (Å²) in [4.78, 5) is 10.4. The highest BCUT2D eigenvalue weighted by Gasteiger charge is 2.32. The van der Waals surface area contributed by atoms with E-state index >= 15 is 0 Å². The number of benzene rings is 1. The van der Waals surface area contributed by atoms with Crippen molar-refractivity contribution in [3.8, 4) is 5.75 Å². The predicted molar refractivity (Wildman–Crippen MR) is 63.6 cm³/mol. The molecule has 104 valence electrons. The molecule has 3 N–H and O–H groups in total. The Kier molecular flexibility index (Phi) is 4.42. The molecule has 1 aromatic rings. The summed E-state index contributed by atoms with van der Waals surface area (Å²) in [5.41, 5.74) is 6.26. The van der Waals surface area contributed by atoms with E-state index in [1.807, 2.05) is 0 Å². The van der Waals surface area contributed by atoms with Gasteiger partial charge in [-0.1, -0.05) is 6.92 Å². The van der Waals surface area contributed by atoms with E-state index in [4.69, 9.17) is 10.8 Å². The first-order valence-electron chi connectivity index (χ1n) is 5.32. The number of ether oxygens (including phenoxy) is 1. The lowest BCUT2D eigenvalue weighted by atomic mass is 10.1. The fourth-order valence-electron chi connectivity index (χ4n) is 1.46. The second-order valence-electron chi connectivity index (χ2n) is 3.66. The van der Waals surface area contributed by atoms with E-state index in [9.17, 15) is 18.0 Å². The average Bonchev–Trinajstić information content (AvgIpc) is 2.27. The van der Waals surface area contributed by atoms with Gasteiger partial charge < -0.3 is 15.6 Å². The lowest BCUT2D eigenvalue weighted by molar-refractivity contribution is -0.274. The molecule has 0 spiro atoms. The van der Waals surface area contributed by atoms with Gasteiger partial charge in [-0.2, -0.15) is 0 Å². The second kappa shape index (κ2) is 5.64. The third-order valence-corrected chi connectivity index (χ3v) is 2.28. The maximum atomic E-state index is 12.2. The van der Waals surface area contributed by atoms with Crippen molar-refractivity contribution in [1.82, 2.24) is 0 Å². The minimum atomic E-state index is -4.81. The molecule has 0 aliphatic heterocycles. The number of aryl methyl sites for hydroxylation is 1. The Labute approximate surface area is 107 Å². The zero-order valence-corrected chi connectivity index (χ0v) is 9.99. The molecule has 0 aromatic heterocycles. The summed E-state index contributed by atoms with van der Waals surface area (Å²) in [6.45, 7) is 1.66. The van der Waals surface area contributed by atoms with Gasteiger partial charge in [0.2, 0.25) is 0 Å². The summed E-state index contributed by atoms with van der Waals surface area (Å²) >= 11 is 0. The van der Waals surface area contributed by atoms with Crippen LogP contribution < -0.4 is 10.5 Å². The largest absolute Gasteiger partial charge is 0.573 e. The van der Waals surface area contributed by atoms with Gasteiger partial charge in [-0.15, -0.1) is 13.2 Å². The van der Waals surface area contributed by atoms with Crippen molar-refractivity contribution in [2.24, 2.45) is 0 Å². The number of carboxylic acid groups (broad SMARTS) is 1. The number of carbonyl (C=O) groups is 1. The first-order valence-corrected chi connectivity index (χ1v) is 5.32. The monoisotopic (exact) mass is 275 g/mol. The van der Waals surface area contributed by atoms with E-state index in [-0.39, 0.29) is 17.0 Å². The standard InChI is InChI=1S/C12H12F3NO3/c1-2-7-5-9(16)8(3-4-11(17)18)6-10(7)19-12(13,14)15/h3-6H,2,16H2,1H3,(H,17,18)/b4-3+. The molecule has 0 unspecified atom stereocenters. The Morgan fingerprint density at radius 1 is 1.47 bits per heavy atom. The first kappa shape index (κ1) is 14.9. The fraction of sp³-hybridized carbons (Fsp3) is 0.250. The number of halogens is 3. The van der Waals surface area contributed by atoms with Crippen molar-refractivity contribution in [3.05, 3.63) is 29.3 Å². The smallest absolute Gasteiger partial charge is 0.478 e. The summed E-state index contributed by atoms with van der Waals surface area (Å²) < 4.78 is 40.6. The summed E-state index contributed by atoms with van der Waals surface area (Å²) in [5.74, 6) is -1.61. The Morgan fingerprint density at radius 3 is 2.58 bits per heavy atom. The summed E-state index contributed by atoms with van der Waals surface area (Å²) in [6.07, 6.45) is -2.61. The highest BCUT2D eigenvalue weighted by Crippen LogP contribution is 2.31. The third-order valence-electron chi connectivity index (χ3n) is 2.28. The highest BCUT2D eigenvalue weighted by molar-refractivity contribution is 5.87. The Morgan fingerprint density at radius 2 is 2.11 bits per heavy atom. The molecule has 0 bridgehead atoms. The molecule has 0 saturated heterocycles. The molecule has 0 amide bonds. The first-order chi connectivity index (χ1) is 8.73. The van der Waals surface area contributed by atoms with Crippen LogP contribution in [0, 0.1) is 0 Å². The van der Waals surface area contributed by atoms with Gasteiger partial charge in [-0.3, -0.25) is 0 Å². The maximum Gasteiger partial charge on any atom is 0.573 e. The van der Waals surface area contributed by atoms with Crippen molar-refractivity contribution in [1.29, 1.82) is 0 Å². The molecule has 0 saturated carbocycles. The van der Waals surface area contributed by atoms with Crippen LogP contribution in [0.1, 0.15) is 18.1 Å². The lowest BCUT2D eigenvalue weighted by Crippen LogP contribution is -2.18. The minimum absolute atomic E-state index is 0.152. The molecule has 0 heterocycles. The quantitative estimate of drug-likeness (QED) is 0.654. The van der Waals surface area contributed by atoms with Crippen LogP contribution in [0.15, 0.2) is 18.2 Å². The van der Waals surface area contributed by atoms with E-state index in [0.29, 0.717) is 12.0 Å². The van der Waals surface area contributed by atoms with Crippen LogP contribution >= 0.6 is 0 Å². The van der Waals surface area contributed by atoms with Crippen LogP contribution in [-0.4, -0.2) is 17.4 Å². The lowest BCUT2D eigenvalue weighted by Gasteiger charge is -2.14. The van der Waals surface area contributed by atoms with E-state index in [1.54, 1.807) is 6.92 Å². The summed E-state index contributed by atoms with van der Waals surface area (Å²) in [6, 6.07) is 2.41. The van der Waals surface area contributed by atoms with E-state index in [1.165, 1.54) is 6.07 Å². The van der Waals surface area contributed by atoms with Gasteiger partial charge in [-0.25, -0.2) is 4.79 Å². The molecule has 1 aromatic carbocycles. The van der Waals surface area contributed by atoms with Gasteiger partial charge in [0, 0.05) is 17.3 Å². The Bertz CT molecular complexity index is 510. The predicted octanol–water partition coefficient (Wildman–Crippen LogP) is 2.83. The van der Waals surface area contributed by atoms with Crippen molar-refractivity contribution in [3.63, 3.8) is 0 Å². The highest BCUT2D eigenvalue weighted by atomic mass is 19.4. The van der Waals surface area contributed by atoms with Crippen molar-refractivity contribution >= 4 is 17.7 Å². The van der Waals surface area contributed by atoms with E-state index in [0.717, 1.165) is 18.2 Å². The molecular formula is C12H12F3NO3. The Balaban J connectivity index is 3.21. The van der Waals surface area contributed by atoms with Gasteiger partial charge in [-0.05, 0) is 30.2 Å². The number of nitrogens with two attached hydrogens (primary N) is 1. The zero-order valence-electron chi connectivity index (χ0n) is 9.99. The van der Waals surface area contributed by atoms with Gasteiger partial charge in [0.05, 0.1) is 0 Å². The number of hydrogen-bond donors (Lipinski definition) is 2. The minimum Gasteiger partial charge on any atom is -0.478 e. The number of nitrogen functional groups attached to an aromatic ring is 1. The summed E-state index contributed by atoms with van der Waals surface area (Å²) in [5, 5.41) is 8.48. The fourth-order valence-corrected chi connectivity index (χ4v) is 1.46. The average molecular weight is 275 g/mol. The van der Waals surface area contributed by atoms with Gasteiger partial charge in [0.25, 0.3) is 0 Å². The topological polar surface area (TPSA) is 72.6 Å². The van der Waals surface area contributed by atoms with Gasteiger partial charge in [0.15, 0.2) is 0 Å². The van der Waals surface area contributed by atoms with Crippen molar-refractivity contribution in [2.75, 3.05) is 5.73 Å². The van der Waals surface area contributed by atoms with Crippen LogP contribution in [-0.2, 0) is 11.2 Å². The second-order valence-corrected chi connectivity index (χ2v) is 3.66. The number of anilines is 1. The molecule has 7 heteroatoms. The van der Waals surface area contributed by atoms with Crippen LogP contribution in [0.4, 0.5) is 18.9 Å². The van der Waals surface area contributed by atoms with E-state index < -0.39 is 12.3 Å². The molecule has 19 heavy (non-hydrogen) atoms. The molecule has 0 aliphatic rings. The van der Waals surface area contributed by atoms with Crippen LogP contribution in [0.5, 0.6) is 5.75 Å². The SMILES string of the molecule is CCc1cc(N)c(/C=C/C(=O)O)cc1OC(F)(F)F. The summed E-state index contributed by atoms with van der Waals surface area (Å²) in [7, 11) is 0. The molecular weight excluding hydrogens is 263 g/mol. The van der Waals surface area contributed by atoms with Gasteiger partial charge in [0.1, 0.15) is 5.75 Å². The normalized spacial score (nSPS) is 11.8. The van der Waals surface area contributed by atoms with Crippen molar-refractivity contribution in [2.45, 2.75) is 19.7 Å². The molecule has 0 fully saturated rings. The Hall–Kier alpha value is -2.18. The molecule has 0 radical (unpaired) electrons. The third kappa shape index (κ3) is 4.53. The molecule has 4 nitrogen and oxygen atoms in total. The maximum absolute atomic E-state index is 12.2. The number of carboxylic acids is 1. The number of aliphatic carboxylic acids is 1. The van der Waals surface area contributed by atoms with Gasteiger partial charge >= 0.3 is 12.3 Å². The molecule has 0 aliphatic carbocycles. The van der Waals surface area contributed by atoms with Crippen LogP contribution in [0.3, 0.4) is 0 Å². The number of hydrogen-bond acceptors (Lipinski definition) is 3. The zero-order chi connectivity index (χ0) is 14.6. The number of rotatable bonds is 4. The molecule has 0 atom stereocenters. The van der Waals surface area contributed by atoms with E-state index in [2.05, 4.69) is 4.74 Å². The van der Waals surface area contributed by atoms with Crippen LogP contribution in [0.25, 0.3) is 6.08 Å². The number of alkyl halides is 3. The van der Waals surface area contributed by atoms with Crippen LogP contribution in [0.2, 0.25) is 0 Å².